The number of benzene rings is 3. The largest absolute Gasteiger partial charge is 0.322 e. The molecule has 1 amide bonds. The van der Waals surface area contributed by atoms with E-state index in [2.05, 4.69) is 15.1 Å². The van der Waals surface area contributed by atoms with E-state index >= 15 is 0 Å². The first-order valence-electron chi connectivity index (χ1n) is 10.4. The van der Waals surface area contributed by atoms with Crippen LogP contribution in [0, 0.1) is 13.8 Å². The average molecular weight is 461 g/mol. The van der Waals surface area contributed by atoms with Gasteiger partial charge in [-0.15, -0.1) is 0 Å². The Kier molecular flexibility index (Phi) is 6.28. The molecule has 0 bridgehead atoms. The number of aryl methyl sites for hydroxylation is 2. The summed E-state index contributed by atoms with van der Waals surface area (Å²) < 4.78 is 30.4. The van der Waals surface area contributed by atoms with Crippen molar-refractivity contribution in [2.45, 2.75) is 25.3 Å². The summed E-state index contributed by atoms with van der Waals surface area (Å²) in [5.74, 6) is -0.320. The van der Waals surface area contributed by atoms with Crippen LogP contribution in [0.15, 0.2) is 90.1 Å². The number of aromatic nitrogens is 2. The van der Waals surface area contributed by atoms with Crippen molar-refractivity contribution in [3.63, 3.8) is 0 Å². The van der Waals surface area contributed by atoms with Gasteiger partial charge in [-0.25, -0.2) is 8.42 Å². The highest BCUT2D eigenvalue weighted by Gasteiger charge is 2.18. The van der Waals surface area contributed by atoms with E-state index in [9.17, 15) is 13.2 Å². The number of rotatable bonds is 7. The quantitative estimate of drug-likeness (QED) is 0.421. The third-order valence-corrected chi connectivity index (χ3v) is 6.65. The molecule has 1 heterocycles. The summed E-state index contributed by atoms with van der Waals surface area (Å²) in [5.41, 5.74) is 3.90. The number of amides is 1. The Morgan fingerprint density at radius 2 is 1.73 bits per heavy atom. The van der Waals surface area contributed by atoms with Crippen LogP contribution in [0.5, 0.6) is 0 Å². The van der Waals surface area contributed by atoms with Gasteiger partial charge >= 0.3 is 0 Å². The Hall–Kier alpha value is -3.91. The first kappa shape index (κ1) is 22.3. The van der Waals surface area contributed by atoms with Gasteiger partial charge in [-0.05, 0) is 73.0 Å². The van der Waals surface area contributed by atoms with Gasteiger partial charge in [0.15, 0.2) is 0 Å². The maximum atomic E-state index is 13.0. The molecular formula is C25H24N4O3S. The zero-order chi connectivity index (χ0) is 23.4. The van der Waals surface area contributed by atoms with E-state index in [-0.39, 0.29) is 10.8 Å². The van der Waals surface area contributed by atoms with Gasteiger partial charge in [-0.3, -0.25) is 14.2 Å². The van der Waals surface area contributed by atoms with Crippen LogP contribution in [0.1, 0.15) is 27.0 Å². The summed E-state index contributed by atoms with van der Waals surface area (Å²) in [4.78, 5) is 12.8. The van der Waals surface area contributed by atoms with Crippen molar-refractivity contribution < 1.29 is 13.2 Å². The van der Waals surface area contributed by atoms with Gasteiger partial charge in [-0.1, -0.05) is 30.3 Å². The zero-order valence-corrected chi connectivity index (χ0v) is 19.1. The molecule has 33 heavy (non-hydrogen) atoms. The summed E-state index contributed by atoms with van der Waals surface area (Å²) in [6, 6.07) is 21.0. The highest BCUT2D eigenvalue weighted by atomic mass is 32.2. The second-order valence-electron chi connectivity index (χ2n) is 7.81. The van der Waals surface area contributed by atoms with Gasteiger partial charge in [0, 0.05) is 29.3 Å². The molecule has 1 aromatic heterocycles. The molecule has 168 valence electrons. The van der Waals surface area contributed by atoms with Crippen molar-refractivity contribution in [1.82, 2.24) is 9.78 Å². The molecule has 0 atom stereocenters. The average Bonchev–Trinajstić information content (AvgIpc) is 3.28. The van der Waals surface area contributed by atoms with Crippen LogP contribution < -0.4 is 10.0 Å². The molecule has 7 nitrogen and oxygen atoms in total. The molecule has 0 saturated carbocycles. The second-order valence-corrected chi connectivity index (χ2v) is 9.46. The number of sulfonamides is 1. The van der Waals surface area contributed by atoms with Gasteiger partial charge in [0.1, 0.15) is 0 Å². The Morgan fingerprint density at radius 3 is 2.42 bits per heavy atom. The normalized spacial score (nSPS) is 11.2. The molecule has 0 aliphatic rings. The molecule has 0 unspecified atom stereocenters. The van der Waals surface area contributed by atoms with Crippen molar-refractivity contribution in [3.05, 3.63) is 107 Å². The molecule has 0 aliphatic carbocycles. The highest BCUT2D eigenvalue weighted by Crippen LogP contribution is 2.24. The first-order valence-corrected chi connectivity index (χ1v) is 11.9. The van der Waals surface area contributed by atoms with Gasteiger partial charge < -0.3 is 5.32 Å². The van der Waals surface area contributed by atoms with Gasteiger partial charge in [0.2, 0.25) is 0 Å². The standard InChI is InChI=1S/C25H24N4O3S/c1-18-5-3-6-23(15-18)28-33(31,32)24-16-22(12-7-19(24)2)27-25(30)21-10-8-20(9-11-21)17-29-14-4-13-26-29/h3-16,28H,17H2,1-2H3,(H,27,30). The molecule has 0 fully saturated rings. The van der Waals surface area contributed by atoms with Crippen LogP contribution in [0.3, 0.4) is 0 Å². The summed E-state index contributed by atoms with van der Waals surface area (Å²) >= 11 is 0. The lowest BCUT2D eigenvalue weighted by Gasteiger charge is -2.13. The van der Waals surface area contributed by atoms with E-state index in [4.69, 9.17) is 0 Å². The van der Waals surface area contributed by atoms with Crippen molar-refractivity contribution in [1.29, 1.82) is 0 Å². The van der Waals surface area contributed by atoms with Crippen LogP contribution in [-0.2, 0) is 16.6 Å². The fraction of sp³-hybridized carbons (Fsp3) is 0.120. The molecular weight excluding hydrogens is 436 g/mol. The zero-order valence-electron chi connectivity index (χ0n) is 18.3. The number of nitrogens with one attached hydrogen (secondary N) is 2. The minimum Gasteiger partial charge on any atom is -0.322 e. The fourth-order valence-corrected chi connectivity index (χ4v) is 4.75. The van der Waals surface area contributed by atoms with Crippen LogP contribution in [-0.4, -0.2) is 24.1 Å². The van der Waals surface area contributed by atoms with Crippen LogP contribution >= 0.6 is 0 Å². The molecule has 4 rings (SSSR count). The number of anilines is 2. The maximum Gasteiger partial charge on any atom is 0.262 e. The molecule has 0 spiro atoms. The molecule has 8 heteroatoms. The van der Waals surface area contributed by atoms with E-state index in [1.807, 2.05) is 37.4 Å². The van der Waals surface area contributed by atoms with E-state index in [0.29, 0.717) is 29.0 Å². The van der Waals surface area contributed by atoms with Gasteiger partial charge in [0.05, 0.1) is 11.4 Å². The Bertz CT molecular complexity index is 1380. The Balaban J connectivity index is 1.49. The minimum absolute atomic E-state index is 0.108. The van der Waals surface area contributed by atoms with E-state index in [0.717, 1.165) is 11.1 Å². The van der Waals surface area contributed by atoms with Crippen LogP contribution in [0.2, 0.25) is 0 Å². The molecule has 4 aromatic rings. The van der Waals surface area contributed by atoms with Crippen LogP contribution in [0.4, 0.5) is 11.4 Å². The number of carbonyl (C=O) groups is 1. The van der Waals surface area contributed by atoms with Crippen molar-refractivity contribution in [3.8, 4) is 0 Å². The number of nitrogens with zero attached hydrogens (tertiary/aromatic N) is 2. The predicted octanol–water partition coefficient (Wildman–Crippen LogP) is 4.60. The number of hydrogen-bond donors (Lipinski definition) is 2. The first-order chi connectivity index (χ1) is 15.8. The fourth-order valence-electron chi connectivity index (χ4n) is 3.43. The molecule has 0 saturated heterocycles. The minimum atomic E-state index is -3.82. The SMILES string of the molecule is Cc1cccc(NS(=O)(=O)c2cc(NC(=O)c3ccc(Cn4cccn4)cc3)ccc2C)c1. The third kappa shape index (κ3) is 5.48. The van der Waals surface area contributed by atoms with Crippen LogP contribution in [0.25, 0.3) is 0 Å². The lowest BCUT2D eigenvalue weighted by Crippen LogP contribution is -2.16. The summed E-state index contributed by atoms with van der Waals surface area (Å²) in [6.45, 7) is 4.22. The smallest absolute Gasteiger partial charge is 0.262 e. The van der Waals surface area contributed by atoms with E-state index < -0.39 is 10.0 Å². The van der Waals surface area contributed by atoms with E-state index in [1.165, 1.54) is 6.07 Å². The maximum absolute atomic E-state index is 13.0. The van der Waals surface area contributed by atoms with Crippen molar-refractivity contribution in [2.24, 2.45) is 0 Å². The number of hydrogen-bond acceptors (Lipinski definition) is 4. The molecule has 0 radical (unpaired) electrons. The lowest BCUT2D eigenvalue weighted by molar-refractivity contribution is 0.102. The summed E-state index contributed by atoms with van der Waals surface area (Å²) in [7, 11) is -3.82. The molecule has 3 aromatic carbocycles. The van der Waals surface area contributed by atoms with Crippen molar-refractivity contribution in [2.75, 3.05) is 10.0 Å². The molecule has 0 aliphatic heterocycles. The summed E-state index contributed by atoms with van der Waals surface area (Å²) in [5, 5.41) is 6.96. The highest BCUT2D eigenvalue weighted by molar-refractivity contribution is 7.92. The van der Waals surface area contributed by atoms with Gasteiger partial charge in [-0.2, -0.15) is 5.10 Å². The van der Waals surface area contributed by atoms with Gasteiger partial charge in [0.25, 0.3) is 15.9 Å². The topological polar surface area (TPSA) is 93.1 Å². The molecule has 2 N–H and O–H groups in total. The van der Waals surface area contributed by atoms with Crippen molar-refractivity contribution >= 4 is 27.3 Å². The second kappa shape index (κ2) is 9.30. The summed E-state index contributed by atoms with van der Waals surface area (Å²) in [6.07, 6.45) is 3.59. The third-order valence-electron chi connectivity index (χ3n) is 5.13. The van der Waals surface area contributed by atoms with E-state index in [1.54, 1.807) is 60.3 Å². The lowest BCUT2D eigenvalue weighted by atomic mass is 10.1. The monoisotopic (exact) mass is 460 g/mol. The number of carbonyl (C=O) groups excluding carboxylic acids is 1. The predicted molar refractivity (Wildman–Crippen MR) is 129 cm³/mol. The Morgan fingerprint density at radius 1 is 0.939 bits per heavy atom. The Labute approximate surface area is 193 Å².